The molecule has 0 spiro atoms. The van der Waals surface area contributed by atoms with Crippen molar-refractivity contribution in [3.8, 4) is 0 Å². The number of hydrogen-bond donors (Lipinski definition) is 1. The van der Waals surface area contributed by atoms with Crippen molar-refractivity contribution in [2.75, 3.05) is 6.54 Å². The quantitative estimate of drug-likeness (QED) is 0.622. The van der Waals surface area contributed by atoms with Crippen LogP contribution in [0.4, 0.5) is 4.39 Å². The molecule has 1 aliphatic carbocycles. The molecular weight excluding hydrogens is 405 g/mol. The molecule has 166 valence electrons. The minimum Gasteiger partial charge on any atom is -0.353 e. The first-order chi connectivity index (χ1) is 15.6. The number of hydrogen-bond acceptors (Lipinski definition) is 2. The zero-order valence-electron chi connectivity index (χ0n) is 18.1. The summed E-state index contributed by atoms with van der Waals surface area (Å²) in [5.41, 5.74) is 2.78. The third-order valence-corrected chi connectivity index (χ3v) is 6.90. The number of carbonyl (C=O) groups is 2. The summed E-state index contributed by atoms with van der Waals surface area (Å²) in [6.07, 6.45) is 6.21. The maximum atomic E-state index is 13.5. The molecule has 2 amide bonds. The molecule has 0 atom stereocenters. The van der Waals surface area contributed by atoms with Crippen LogP contribution in [-0.4, -0.2) is 33.9 Å². The molecule has 2 heterocycles. The van der Waals surface area contributed by atoms with Crippen LogP contribution >= 0.6 is 0 Å². The Labute approximate surface area is 187 Å². The fourth-order valence-electron chi connectivity index (χ4n) is 5.14. The standard InChI is InChI=1S/C26H28FN3O2/c27-21-8-7-19-11-13-29(24(19)15-21)14-12-25(31)28-22-9-5-18(6-10-22)16-30-17-20-3-1-2-4-23(20)26(30)32/h1-4,7-8,11,13,15,18,22H,5-6,9-10,12,14,16-17H2,(H,28,31). The van der Waals surface area contributed by atoms with Crippen molar-refractivity contribution in [1.82, 2.24) is 14.8 Å². The van der Waals surface area contributed by atoms with Gasteiger partial charge in [0.1, 0.15) is 5.82 Å². The largest absolute Gasteiger partial charge is 0.353 e. The van der Waals surface area contributed by atoms with Gasteiger partial charge < -0.3 is 14.8 Å². The average Bonchev–Trinajstić information content (AvgIpc) is 3.34. The monoisotopic (exact) mass is 433 g/mol. The Morgan fingerprint density at radius 1 is 1.06 bits per heavy atom. The minimum absolute atomic E-state index is 0.0388. The van der Waals surface area contributed by atoms with Crippen LogP contribution in [0.3, 0.4) is 0 Å². The number of fused-ring (bicyclic) bond motifs is 2. The van der Waals surface area contributed by atoms with Crippen molar-refractivity contribution >= 4 is 22.7 Å². The summed E-state index contributed by atoms with van der Waals surface area (Å²) >= 11 is 0. The van der Waals surface area contributed by atoms with Crippen molar-refractivity contribution in [3.05, 3.63) is 71.7 Å². The Morgan fingerprint density at radius 3 is 2.69 bits per heavy atom. The van der Waals surface area contributed by atoms with Gasteiger partial charge in [0.05, 0.1) is 5.52 Å². The van der Waals surface area contributed by atoms with E-state index in [4.69, 9.17) is 0 Å². The first-order valence-electron chi connectivity index (χ1n) is 11.5. The van der Waals surface area contributed by atoms with Crippen molar-refractivity contribution in [1.29, 1.82) is 0 Å². The van der Waals surface area contributed by atoms with Crippen molar-refractivity contribution in [2.45, 2.75) is 51.2 Å². The van der Waals surface area contributed by atoms with E-state index >= 15 is 0 Å². The molecule has 5 rings (SSSR count). The van der Waals surface area contributed by atoms with E-state index in [0.29, 0.717) is 25.4 Å². The molecule has 1 aromatic heterocycles. The molecule has 0 radical (unpaired) electrons. The van der Waals surface area contributed by atoms with Crippen molar-refractivity contribution < 1.29 is 14.0 Å². The number of nitrogens with zero attached hydrogens (tertiary/aromatic N) is 2. The molecule has 6 heteroatoms. The summed E-state index contributed by atoms with van der Waals surface area (Å²) in [5.74, 6) is 0.408. The first-order valence-corrected chi connectivity index (χ1v) is 11.5. The lowest BCUT2D eigenvalue weighted by atomic mass is 9.85. The molecule has 32 heavy (non-hydrogen) atoms. The fraction of sp³-hybridized carbons (Fsp3) is 0.385. The smallest absolute Gasteiger partial charge is 0.254 e. The number of nitrogens with one attached hydrogen (secondary N) is 1. The second-order valence-electron chi connectivity index (χ2n) is 9.09. The first kappa shape index (κ1) is 20.7. The van der Waals surface area contributed by atoms with Gasteiger partial charge in [0.2, 0.25) is 5.91 Å². The van der Waals surface area contributed by atoms with Crippen LogP contribution in [-0.2, 0) is 17.9 Å². The van der Waals surface area contributed by atoms with E-state index in [0.717, 1.165) is 54.3 Å². The van der Waals surface area contributed by atoms with Crippen molar-refractivity contribution in [3.63, 3.8) is 0 Å². The highest BCUT2D eigenvalue weighted by Gasteiger charge is 2.30. The van der Waals surface area contributed by atoms with Gasteiger partial charge in [0.15, 0.2) is 0 Å². The normalized spacial score (nSPS) is 20.5. The van der Waals surface area contributed by atoms with Crippen LogP contribution in [0.1, 0.15) is 48.0 Å². The summed E-state index contributed by atoms with van der Waals surface area (Å²) in [4.78, 5) is 27.1. The van der Waals surface area contributed by atoms with Crippen LogP contribution < -0.4 is 5.32 Å². The number of halogens is 1. The van der Waals surface area contributed by atoms with Gasteiger partial charge in [-0.05, 0) is 72.9 Å². The summed E-state index contributed by atoms with van der Waals surface area (Å²) in [5, 5.41) is 4.15. The zero-order chi connectivity index (χ0) is 22.1. The number of benzene rings is 2. The number of rotatable bonds is 6. The summed E-state index contributed by atoms with van der Waals surface area (Å²) in [7, 11) is 0. The third kappa shape index (κ3) is 4.27. The Bertz CT molecular complexity index is 1150. The maximum Gasteiger partial charge on any atom is 0.254 e. The average molecular weight is 434 g/mol. The number of aryl methyl sites for hydroxylation is 1. The Hall–Kier alpha value is -3.15. The topological polar surface area (TPSA) is 54.3 Å². The van der Waals surface area contributed by atoms with Crippen LogP contribution in [0, 0.1) is 11.7 Å². The molecule has 3 aromatic rings. The van der Waals surface area contributed by atoms with E-state index in [9.17, 15) is 14.0 Å². The summed E-state index contributed by atoms with van der Waals surface area (Å²) in [6, 6.07) is 14.7. The van der Waals surface area contributed by atoms with Crippen LogP contribution in [0.5, 0.6) is 0 Å². The predicted molar refractivity (Wildman–Crippen MR) is 122 cm³/mol. The highest BCUT2D eigenvalue weighted by Crippen LogP contribution is 2.29. The molecule has 1 N–H and O–H groups in total. The second kappa shape index (κ2) is 8.77. The molecule has 1 aliphatic heterocycles. The van der Waals surface area contributed by atoms with Crippen LogP contribution in [0.25, 0.3) is 10.9 Å². The van der Waals surface area contributed by atoms with Gasteiger partial charge in [0.25, 0.3) is 5.91 Å². The van der Waals surface area contributed by atoms with Gasteiger partial charge in [-0.2, -0.15) is 0 Å². The maximum absolute atomic E-state index is 13.5. The molecular formula is C26H28FN3O2. The van der Waals surface area contributed by atoms with E-state index in [1.165, 1.54) is 12.1 Å². The third-order valence-electron chi connectivity index (χ3n) is 6.90. The molecule has 2 aromatic carbocycles. The van der Waals surface area contributed by atoms with Gasteiger partial charge in [-0.1, -0.05) is 18.2 Å². The lowest BCUT2D eigenvalue weighted by Crippen LogP contribution is -2.40. The summed E-state index contributed by atoms with van der Waals surface area (Å²) < 4.78 is 15.5. The highest BCUT2D eigenvalue weighted by molar-refractivity contribution is 5.98. The number of carbonyl (C=O) groups excluding carboxylic acids is 2. The molecule has 0 saturated heterocycles. The number of aromatic nitrogens is 1. The van der Waals surface area contributed by atoms with E-state index < -0.39 is 0 Å². The molecule has 2 aliphatic rings. The van der Waals surface area contributed by atoms with E-state index in [2.05, 4.69) is 5.32 Å². The Morgan fingerprint density at radius 2 is 1.88 bits per heavy atom. The van der Waals surface area contributed by atoms with Crippen molar-refractivity contribution in [2.24, 2.45) is 5.92 Å². The molecule has 5 nitrogen and oxygen atoms in total. The fourth-order valence-corrected chi connectivity index (χ4v) is 5.14. The zero-order valence-corrected chi connectivity index (χ0v) is 18.1. The van der Waals surface area contributed by atoms with E-state index in [-0.39, 0.29) is 23.7 Å². The molecule has 1 fully saturated rings. The van der Waals surface area contributed by atoms with Crippen LogP contribution in [0.15, 0.2) is 54.7 Å². The van der Waals surface area contributed by atoms with Gasteiger partial charge in [-0.15, -0.1) is 0 Å². The van der Waals surface area contributed by atoms with E-state index in [1.807, 2.05) is 46.0 Å². The Kier molecular flexibility index (Phi) is 5.68. The van der Waals surface area contributed by atoms with Gasteiger partial charge in [0, 0.05) is 43.9 Å². The Balaban J connectivity index is 1.07. The lowest BCUT2D eigenvalue weighted by Gasteiger charge is -2.31. The predicted octanol–water partition coefficient (Wildman–Crippen LogP) is 4.50. The molecule has 0 unspecified atom stereocenters. The van der Waals surface area contributed by atoms with Crippen LogP contribution in [0.2, 0.25) is 0 Å². The molecule has 0 bridgehead atoms. The van der Waals surface area contributed by atoms with E-state index in [1.54, 1.807) is 6.07 Å². The van der Waals surface area contributed by atoms with Gasteiger partial charge in [-0.3, -0.25) is 9.59 Å². The molecule has 1 saturated carbocycles. The van der Waals surface area contributed by atoms with Gasteiger partial charge in [-0.25, -0.2) is 4.39 Å². The highest BCUT2D eigenvalue weighted by atomic mass is 19.1. The minimum atomic E-state index is -0.266. The SMILES string of the molecule is O=C(CCn1ccc2ccc(F)cc21)NC1CCC(CN2Cc3ccccc3C2=O)CC1. The number of amides is 2. The lowest BCUT2D eigenvalue weighted by molar-refractivity contribution is -0.122. The van der Waals surface area contributed by atoms with Gasteiger partial charge >= 0.3 is 0 Å². The second-order valence-corrected chi connectivity index (χ2v) is 9.09. The summed E-state index contributed by atoms with van der Waals surface area (Å²) in [6.45, 7) is 2.04.